The Morgan fingerprint density at radius 2 is 2.17 bits per heavy atom. The molecule has 3 rings (SSSR count). The number of hydrogen-bond donors (Lipinski definition) is 1. The van der Waals surface area contributed by atoms with E-state index in [0.717, 1.165) is 12.5 Å². The van der Waals surface area contributed by atoms with Gasteiger partial charge < -0.3 is 10.2 Å². The zero-order chi connectivity index (χ0) is 16.2. The first kappa shape index (κ1) is 15.3. The minimum atomic E-state index is -0.637. The quantitative estimate of drug-likeness (QED) is 0.940. The number of likely N-dealkylation sites (tertiary alicyclic amines) is 1. The number of halogens is 2. The molecule has 23 heavy (non-hydrogen) atoms. The van der Waals surface area contributed by atoms with E-state index in [1.165, 1.54) is 12.1 Å². The molecule has 1 aromatic carbocycles. The summed E-state index contributed by atoms with van der Waals surface area (Å²) in [6.07, 6.45) is 6.12. The van der Waals surface area contributed by atoms with E-state index in [2.05, 4.69) is 15.3 Å². The SMILES string of the molecule is O=C1C(Nc2cnccn2)CCCN1Cc1ccc(F)cc1F. The van der Waals surface area contributed by atoms with E-state index in [9.17, 15) is 13.6 Å². The van der Waals surface area contributed by atoms with E-state index in [4.69, 9.17) is 0 Å². The lowest BCUT2D eigenvalue weighted by Crippen LogP contribution is -2.47. The average Bonchev–Trinajstić information content (AvgIpc) is 2.54. The topological polar surface area (TPSA) is 58.1 Å². The van der Waals surface area contributed by atoms with E-state index in [0.29, 0.717) is 24.3 Å². The van der Waals surface area contributed by atoms with Crippen LogP contribution in [-0.2, 0) is 11.3 Å². The molecule has 2 aromatic rings. The number of nitrogens with one attached hydrogen (secondary N) is 1. The molecule has 1 amide bonds. The third-order valence-corrected chi connectivity index (χ3v) is 3.79. The third-order valence-electron chi connectivity index (χ3n) is 3.79. The van der Waals surface area contributed by atoms with Gasteiger partial charge in [0.25, 0.3) is 0 Å². The minimum absolute atomic E-state index is 0.120. The molecule has 1 unspecified atom stereocenters. The Labute approximate surface area is 132 Å². The van der Waals surface area contributed by atoms with Crippen LogP contribution in [0.4, 0.5) is 14.6 Å². The van der Waals surface area contributed by atoms with Crippen LogP contribution in [0.5, 0.6) is 0 Å². The summed E-state index contributed by atoms with van der Waals surface area (Å²) in [5.74, 6) is -0.855. The summed E-state index contributed by atoms with van der Waals surface area (Å²) in [5.41, 5.74) is 0.305. The molecule has 7 heteroatoms. The van der Waals surface area contributed by atoms with Crippen molar-refractivity contribution in [1.82, 2.24) is 14.9 Å². The molecule has 0 aliphatic carbocycles. The van der Waals surface area contributed by atoms with E-state index in [1.807, 2.05) is 0 Å². The Morgan fingerprint density at radius 1 is 1.30 bits per heavy atom. The molecule has 1 aliphatic rings. The van der Waals surface area contributed by atoms with Crippen molar-refractivity contribution >= 4 is 11.7 Å². The van der Waals surface area contributed by atoms with Gasteiger partial charge >= 0.3 is 0 Å². The zero-order valence-electron chi connectivity index (χ0n) is 12.4. The van der Waals surface area contributed by atoms with E-state index in [-0.39, 0.29) is 12.5 Å². The summed E-state index contributed by atoms with van der Waals surface area (Å²) >= 11 is 0. The van der Waals surface area contributed by atoms with Gasteiger partial charge in [-0.15, -0.1) is 0 Å². The van der Waals surface area contributed by atoms with Gasteiger partial charge in [-0.2, -0.15) is 0 Å². The number of amides is 1. The highest BCUT2D eigenvalue weighted by Crippen LogP contribution is 2.19. The molecule has 1 saturated heterocycles. The molecule has 0 spiro atoms. The van der Waals surface area contributed by atoms with Crippen LogP contribution in [0, 0.1) is 11.6 Å². The van der Waals surface area contributed by atoms with Crippen molar-refractivity contribution < 1.29 is 13.6 Å². The monoisotopic (exact) mass is 318 g/mol. The van der Waals surface area contributed by atoms with Crippen LogP contribution in [0.2, 0.25) is 0 Å². The summed E-state index contributed by atoms with van der Waals surface area (Å²) in [6.45, 7) is 0.678. The predicted molar refractivity (Wildman–Crippen MR) is 80.5 cm³/mol. The number of carbonyl (C=O) groups is 1. The van der Waals surface area contributed by atoms with Crippen LogP contribution >= 0.6 is 0 Å². The number of piperidine rings is 1. The van der Waals surface area contributed by atoms with Gasteiger partial charge in [-0.25, -0.2) is 13.8 Å². The molecule has 1 aromatic heterocycles. The molecular weight excluding hydrogens is 302 g/mol. The fourth-order valence-electron chi connectivity index (χ4n) is 2.64. The number of anilines is 1. The van der Waals surface area contributed by atoms with Crippen molar-refractivity contribution in [1.29, 1.82) is 0 Å². The van der Waals surface area contributed by atoms with Crippen molar-refractivity contribution in [3.05, 3.63) is 54.0 Å². The zero-order valence-corrected chi connectivity index (χ0v) is 12.4. The van der Waals surface area contributed by atoms with Gasteiger partial charge in [0, 0.05) is 37.1 Å². The number of carbonyl (C=O) groups excluding carboxylic acids is 1. The Balaban J connectivity index is 1.69. The fraction of sp³-hybridized carbons (Fsp3) is 0.312. The maximum absolute atomic E-state index is 13.8. The van der Waals surface area contributed by atoms with Crippen molar-refractivity contribution in [3.8, 4) is 0 Å². The van der Waals surface area contributed by atoms with Gasteiger partial charge in [-0.1, -0.05) is 6.07 Å². The first-order chi connectivity index (χ1) is 11.1. The molecule has 0 radical (unpaired) electrons. The summed E-state index contributed by atoms with van der Waals surface area (Å²) in [5, 5.41) is 3.05. The number of hydrogen-bond acceptors (Lipinski definition) is 4. The number of aromatic nitrogens is 2. The van der Waals surface area contributed by atoms with Crippen LogP contribution in [0.3, 0.4) is 0 Å². The van der Waals surface area contributed by atoms with Gasteiger partial charge in [0.2, 0.25) is 5.91 Å². The standard InChI is InChI=1S/C16H16F2N4O/c17-12-4-3-11(13(18)8-12)10-22-7-1-2-14(16(22)23)21-15-9-19-5-6-20-15/h3-6,8-9,14H,1-2,7,10H2,(H,20,21). The molecular formula is C16H16F2N4O. The smallest absolute Gasteiger partial charge is 0.245 e. The lowest BCUT2D eigenvalue weighted by Gasteiger charge is -2.33. The van der Waals surface area contributed by atoms with E-state index < -0.39 is 17.7 Å². The maximum atomic E-state index is 13.8. The van der Waals surface area contributed by atoms with Gasteiger partial charge in [0.05, 0.1) is 6.20 Å². The van der Waals surface area contributed by atoms with Gasteiger partial charge in [-0.05, 0) is 18.9 Å². The minimum Gasteiger partial charge on any atom is -0.357 e. The molecule has 2 heterocycles. The second-order valence-corrected chi connectivity index (χ2v) is 5.43. The van der Waals surface area contributed by atoms with E-state index >= 15 is 0 Å². The van der Waals surface area contributed by atoms with Gasteiger partial charge in [0.1, 0.15) is 23.5 Å². The van der Waals surface area contributed by atoms with Crippen molar-refractivity contribution in [3.63, 3.8) is 0 Å². The predicted octanol–water partition coefficient (Wildman–Crippen LogP) is 2.36. The van der Waals surface area contributed by atoms with Crippen LogP contribution in [0.15, 0.2) is 36.8 Å². The summed E-state index contributed by atoms with van der Waals surface area (Å²) in [4.78, 5) is 22.1. The highest BCUT2D eigenvalue weighted by molar-refractivity contribution is 5.85. The first-order valence-electron chi connectivity index (χ1n) is 7.39. The second-order valence-electron chi connectivity index (χ2n) is 5.43. The van der Waals surface area contributed by atoms with Gasteiger partial charge in [0.15, 0.2) is 0 Å². The number of rotatable bonds is 4. The number of nitrogens with zero attached hydrogens (tertiary/aromatic N) is 3. The van der Waals surface area contributed by atoms with Crippen LogP contribution in [-0.4, -0.2) is 33.4 Å². The van der Waals surface area contributed by atoms with Crippen molar-refractivity contribution in [2.24, 2.45) is 0 Å². The molecule has 0 saturated carbocycles. The molecule has 0 bridgehead atoms. The molecule has 120 valence electrons. The average molecular weight is 318 g/mol. The van der Waals surface area contributed by atoms with Gasteiger partial charge in [-0.3, -0.25) is 9.78 Å². The van der Waals surface area contributed by atoms with Crippen LogP contribution in [0.25, 0.3) is 0 Å². The number of benzene rings is 1. The fourth-order valence-corrected chi connectivity index (χ4v) is 2.64. The molecule has 5 nitrogen and oxygen atoms in total. The highest BCUT2D eigenvalue weighted by Gasteiger charge is 2.29. The molecule has 1 aliphatic heterocycles. The van der Waals surface area contributed by atoms with Crippen LogP contribution in [0.1, 0.15) is 18.4 Å². The summed E-state index contributed by atoms with van der Waals surface area (Å²) in [7, 11) is 0. The molecule has 1 atom stereocenters. The Kier molecular flexibility index (Phi) is 4.45. The van der Waals surface area contributed by atoms with Crippen molar-refractivity contribution in [2.45, 2.75) is 25.4 Å². The second kappa shape index (κ2) is 6.68. The third kappa shape index (κ3) is 3.61. The largest absolute Gasteiger partial charge is 0.357 e. The molecule has 1 fully saturated rings. The van der Waals surface area contributed by atoms with Crippen molar-refractivity contribution in [2.75, 3.05) is 11.9 Å². The maximum Gasteiger partial charge on any atom is 0.245 e. The lowest BCUT2D eigenvalue weighted by molar-refractivity contribution is -0.134. The summed E-state index contributed by atoms with van der Waals surface area (Å²) < 4.78 is 26.7. The highest BCUT2D eigenvalue weighted by atomic mass is 19.1. The Morgan fingerprint density at radius 3 is 2.91 bits per heavy atom. The summed E-state index contributed by atoms with van der Waals surface area (Å²) in [6, 6.07) is 2.99. The molecule has 1 N–H and O–H groups in total. The Hall–Kier alpha value is -2.57. The van der Waals surface area contributed by atoms with Crippen LogP contribution < -0.4 is 5.32 Å². The van der Waals surface area contributed by atoms with E-state index in [1.54, 1.807) is 23.5 Å². The Bertz CT molecular complexity index is 696. The first-order valence-corrected chi connectivity index (χ1v) is 7.39. The normalized spacial score (nSPS) is 18.1. The lowest BCUT2D eigenvalue weighted by atomic mass is 10.0.